The van der Waals surface area contributed by atoms with Gasteiger partial charge in [0.15, 0.2) is 5.82 Å². The number of benzene rings is 1. The Morgan fingerprint density at radius 1 is 1.07 bits per heavy atom. The first-order valence-electron chi connectivity index (χ1n) is 10.4. The third-order valence-corrected chi connectivity index (χ3v) is 5.17. The van der Waals surface area contributed by atoms with Crippen LogP contribution in [0.4, 0.5) is 29.1 Å². The number of hydrogen-bond acceptors (Lipinski definition) is 7. The molecule has 30 heavy (non-hydrogen) atoms. The Morgan fingerprint density at radius 3 is 2.57 bits per heavy atom. The summed E-state index contributed by atoms with van der Waals surface area (Å²) in [5, 5.41) is 26.2. The summed E-state index contributed by atoms with van der Waals surface area (Å²) in [6.07, 6.45) is 5.13. The first-order valence-corrected chi connectivity index (χ1v) is 10.4. The normalized spacial score (nSPS) is 13.3. The maximum absolute atomic E-state index is 8.82. The maximum atomic E-state index is 8.82. The van der Waals surface area contributed by atoms with Crippen molar-refractivity contribution in [3.8, 4) is 6.07 Å². The zero-order valence-electron chi connectivity index (χ0n) is 17.1. The lowest BCUT2D eigenvalue weighted by atomic mass is 9.83. The standard InChI is InChI=1S/C22H26N8/c1-2-12-24-19-14-20(26-21-13-18(29-30-21)16-4-3-5-16)28-22(27-19)25-17-8-6-15(7-9-17)10-11-23/h6-9,13-14,16H,2-5,10,12H2,1H3,(H4,24,25,26,27,28,29,30). The van der Waals surface area contributed by atoms with Crippen LogP contribution in [-0.4, -0.2) is 26.7 Å². The predicted octanol–water partition coefficient (Wildman–Crippen LogP) is 4.84. The molecular formula is C22H26N8. The molecule has 0 bridgehead atoms. The highest BCUT2D eigenvalue weighted by molar-refractivity contribution is 5.62. The molecule has 1 fully saturated rings. The van der Waals surface area contributed by atoms with E-state index in [1.807, 2.05) is 30.3 Å². The number of H-pyrrole nitrogens is 1. The average molecular weight is 403 g/mol. The first kappa shape index (κ1) is 19.7. The summed E-state index contributed by atoms with van der Waals surface area (Å²) in [6.45, 7) is 2.94. The molecule has 0 spiro atoms. The van der Waals surface area contributed by atoms with E-state index < -0.39 is 0 Å². The molecule has 0 atom stereocenters. The Hall–Kier alpha value is -3.60. The Morgan fingerprint density at radius 2 is 1.87 bits per heavy atom. The van der Waals surface area contributed by atoms with Crippen molar-refractivity contribution < 1.29 is 0 Å². The summed E-state index contributed by atoms with van der Waals surface area (Å²) in [5.41, 5.74) is 3.02. The van der Waals surface area contributed by atoms with E-state index in [0.29, 0.717) is 24.1 Å². The van der Waals surface area contributed by atoms with Crippen molar-refractivity contribution in [1.82, 2.24) is 20.2 Å². The number of aromatic nitrogens is 4. The molecule has 3 aromatic rings. The van der Waals surface area contributed by atoms with E-state index in [-0.39, 0.29) is 0 Å². The van der Waals surface area contributed by atoms with Crippen LogP contribution in [0.15, 0.2) is 36.4 Å². The fourth-order valence-corrected chi connectivity index (χ4v) is 3.30. The van der Waals surface area contributed by atoms with Crippen molar-refractivity contribution in [3.05, 3.63) is 47.7 Å². The van der Waals surface area contributed by atoms with Crippen LogP contribution >= 0.6 is 0 Å². The molecule has 8 heteroatoms. The second-order valence-electron chi connectivity index (χ2n) is 7.51. The van der Waals surface area contributed by atoms with Gasteiger partial charge in [-0.05, 0) is 37.0 Å². The van der Waals surface area contributed by atoms with Crippen LogP contribution in [-0.2, 0) is 6.42 Å². The maximum Gasteiger partial charge on any atom is 0.231 e. The van der Waals surface area contributed by atoms with Gasteiger partial charge in [-0.3, -0.25) is 5.10 Å². The summed E-state index contributed by atoms with van der Waals surface area (Å²) in [4.78, 5) is 9.17. The summed E-state index contributed by atoms with van der Waals surface area (Å²) in [5.74, 6) is 3.25. The van der Waals surface area contributed by atoms with Gasteiger partial charge in [-0.1, -0.05) is 25.5 Å². The molecule has 0 aliphatic heterocycles. The highest BCUT2D eigenvalue weighted by Crippen LogP contribution is 2.36. The minimum Gasteiger partial charge on any atom is -0.370 e. The highest BCUT2D eigenvalue weighted by Gasteiger charge is 2.21. The number of nitrogens with zero attached hydrogens (tertiary/aromatic N) is 4. The van der Waals surface area contributed by atoms with Crippen molar-refractivity contribution in [3.63, 3.8) is 0 Å². The van der Waals surface area contributed by atoms with Crippen molar-refractivity contribution >= 4 is 29.1 Å². The third kappa shape index (κ3) is 4.87. The number of nitrogens with one attached hydrogen (secondary N) is 4. The minimum atomic E-state index is 0.397. The van der Waals surface area contributed by atoms with Crippen molar-refractivity contribution in [1.29, 1.82) is 5.26 Å². The molecule has 4 rings (SSSR count). The Balaban J connectivity index is 1.52. The second kappa shape index (κ2) is 9.27. The summed E-state index contributed by atoms with van der Waals surface area (Å²) >= 11 is 0. The smallest absolute Gasteiger partial charge is 0.231 e. The molecule has 1 aliphatic carbocycles. The van der Waals surface area contributed by atoms with E-state index in [0.717, 1.165) is 35.9 Å². The van der Waals surface area contributed by atoms with Gasteiger partial charge >= 0.3 is 0 Å². The highest BCUT2D eigenvalue weighted by atomic mass is 15.2. The molecule has 0 unspecified atom stereocenters. The largest absolute Gasteiger partial charge is 0.370 e. The molecule has 0 radical (unpaired) electrons. The van der Waals surface area contributed by atoms with E-state index in [1.165, 1.54) is 25.0 Å². The van der Waals surface area contributed by atoms with Gasteiger partial charge in [-0.25, -0.2) is 0 Å². The molecule has 1 aliphatic rings. The summed E-state index contributed by atoms with van der Waals surface area (Å²) < 4.78 is 0. The fourth-order valence-electron chi connectivity index (χ4n) is 3.30. The zero-order valence-corrected chi connectivity index (χ0v) is 17.1. The Bertz CT molecular complexity index is 1010. The van der Waals surface area contributed by atoms with Crippen LogP contribution in [0.5, 0.6) is 0 Å². The zero-order chi connectivity index (χ0) is 20.8. The van der Waals surface area contributed by atoms with E-state index in [9.17, 15) is 0 Å². The average Bonchev–Trinajstić information content (AvgIpc) is 3.14. The third-order valence-electron chi connectivity index (χ3n) is 5.17. The predicted molar refractivity (Wildman–Crippen MR) is 118 cm³/mol. The topological polar surface area (TPSA) is 114 Å². The van der Waals surface area contributed by atoms with Crippen LogP contribution in [0.1, 0.15) is 49.8 Å². The van der Waals surface area contributed by atoms with Crippen LogP contribution in [0.2, 0.25) is 0 Å². The van der Waals surface area contributed by atoms with Gasteiger partial charge in [-0.15, -0.1) is 0 Å². The van der Waals surface area contributed by atoms with Crippen LogP contribution in [0.3, 0.4) is 0 Å². The summed E-state index contributed by atoms with van der Waals surface area (Å²) in [7, 11) is 0. The quantitative estimate of drug-likeness (QED) is 0.405. The first-order chi connectivity index (χ1) is 14.7. The van der Waals surface area contributed by atoms with Gasteiger partial charge in [0.1, 0.15) is 11.6 Å². The van der Waals surface area contributed by atoms with E-state index in [2.05, 4.69) is 55.2 Å². The van der Waals surface area contributed by atoms with Gasteiger partial charge in [0, 0.05) is 36.0 Å². The van der Waals surface area contributed by atoms with Crippen LogP contribution in [0.25, 0.3) is 0 Å². The van der Waals surface area contributed by atoms with Crippen LogP contribution in [0, 0.1) is 11.3 Å². The molecule has 0 saturated heterocycles. The molecule has 154 valence electrons. The SMILES string of the molecule is CCCNc1cc(Nc2cc(C3CCC3)[nH]n2)nc(Nc2ccc(CC#N)cc2)n1. The minimum absolute atomic E-state index is 0.397. The lowest BCUT2D eigenvalue weighted by Crippen LogP contribution is -2.08. The number of aromatic amines is 1. The molecule has 1 aromatic carbocycles. The lowest BCUT2D eigenvalue weighted by molar-refractivity contribution is 0.410. The lowest BCUT2D eigenvalue weighted by Gasteiger charge is -2.23. The van der Waals surface area contributed by atoms with Crippen LogP contribution < -0.4 is 16.0 Å². The molecular weight excluding hydrogens is 376 g/mol. The monoisotopic (exact) mass is 402 g/mol. The Labute approximate surface area is 176 Å². The van der Waals surface area contributed by atoms with Gasteiger partial charge in [-0.2, -0.15) is 20.3 Å². The van der Waals surface area contributed by atoms with Crippen molar-refractivity contribution in [2.75, 3.05) is 22.5 Å². The summed E-state index contributed by atoms with van der Waals surface area (Å²) in [6, 6.07) is 13.8. The van der Waals surface area contributed by atoms with Crippen molar-refractivity contribution in [2.45, 2.75) is 44.9 Å². The van der Waals surface area contributed by atoms with Gasteiger partial charge in [0.2, 0.25) is 5.95 Å². The number of anilines is 5. The van der Waals surface area contributed by atoms with E-state index >= 15 is 0 Å². The van der Waals surface area contributed by atoms with E-state index in [1.54, 1.807) is 0 Å². The number of nitriles is 1. The van der Waals surface area contributed by atoms with Gasteiger partial charge in [0.25, 0.3) is 0 Å². The molecule has 1 saturated carbocycles. The number of hydrogen-bond donors (Lipinski definition) is 4. The van der Waals surface area contributed by atoms with Gasteiger partial charge < -0.3 is 16.0 Å². The Kier molecular flexibility index (Phi) is 6.09. The van der Waals surface area contributed by atoms with E-state index in [4.69, 9.17) is 5.26 Å². The molecule has 2 aromatic heterocycles. The molecule has 8 nitrogen and oxygen atoms in total. The molecule has 4 N–H and O–H groups in total. The van der Waals surface area contributed by atoms with Crippen molar-refractivity contribution in [2.24, 2.45) is 0 Å². The number of rotatable bonds is 9. The fraction of sp³-hybridized carbons (Fsp3) is 0.364. The molecule has 2 heterocycles. The second-order valence-corrected chi connectivity index (χ2v) is 7.51. The molecule has 0 amide bonds. The van der Waals surface area contributed by atoms with Gasteiger partial charge in [0.05, 0.1) is 12.5 Å².